The molecular formula is C16H21ClF2N4OS. The van der Waals surface area contributed by atoms with E-state index >= 15 is 0 Å². The molecule has 0 aliphatic carbocycles. The largest absolute Gasteiger partial charge is 0.435 e. The van der Waals surface area contributed by atoms with Gasteiger partial charge in [0.2, 0.25) is 0 Å². The first-order valence-electron chi connectivity index (χ1n) is 7.90. The lowest BCUT2D eigenvalue weighted by molar-refractivity contribution is -0.0503. The summed E-state index contributed by atoms with van der Waals surface area (Å²) in [4.78, 5) is 0. The van der Waals surface area contributed by atoms with E-state index < -0.39 is 6.61 Å². The Bertz CT molecular complexity index is 680. The molecule has 1 aliphatic rings. The van der Waals surface area contributed by atoms with Crippen molar-refractivity contribution in [2.24, 2.45) is 7.05 Å². The molecular weight excluding hydrogens is 370 g/mol. The zero-order valence-corrected chi connectivity index (χ0v) is 15.5. The van der Waals surface area contributed by atoms with Gasteiger partial charge in [-0.15, -0.1) is 22.6 Å². The van der Waals surface area contributed by atoms with Gasteiger partial charge in [0.25, 0.3) is 0 Å². The second-order valence-electron chi connectivity index (χ2n) is 5.70. The standard InChI is InChI=1S/C16H20F2N4OS.ClH/c1-22-14(11-6-8-19-9-7-11)20-21-16(22)24-10-12-4-2-3-5-13(12)23-15(17)18;/h2-5,11,15,19H,6-10H2,1H3;1H. The molecule has 1 aliphatic heterocycles. The first-order valence-corrected chi connectivity index (χ1v) is 8.89. The van der Waals surface area contributed by atoms with Gasteiger partial charge in [-0.1, -0.05) is 30.0 Å². The summed E-state index contributed by atoms with van der Waals surface area (Å²) in [5, 5.41) is 12.7. The fourth-order valence-electron chi connectivity index (χ4n) is 2.86. The Hall–Kier alpha value is -1.38. The van der Waals surface area contributed by atoms with E-state index in [1.54, 1.807) is 18.2 Å². The van der Waals surface area contributed by atoms with Gasteiger partial charge in [0.1, 0.15) is 11.6 Å². The van der Waals surface area contributed by atoms with Crippen LogP contribution in [0.3, 0.4) is 0 Å². The number of aromatic nitrogens is 3. The van der Waals surface area contributed by atoms with Gasteiger partial charge in [0.15, 0.2) is 5.16 Å². The molecule has 1 aromatic heterocycles. The second kappa shape index (κ2) is 9.35. The Kier molecular flexibility index (Phi) is 7.46. The van der Waals surface area contributed by atoms with Crippen molar-refractivity contribution in [1.82, 2.24) is 20.1 Å². The minimum absolute atomic E-state index is 0. The van der Waals surface area contributed by atoms with E-state index in [0.717, 1.165) is 36.9 Å². The maximum absolute atomic E-state index is 12.5. The van der Waals surface area contributed by atoms with Crippen LogP contribution in [0.5, 0.6) is 5.75 Å². The van der Waals surface area contributed by atoms with Crippen LogP contribution in [-0.4, -0.2) is 34.5 Å². The number of piperidine rings is 1. The number of rotatable bonds is 6. The maximum Gasteiger partial charge on any atom is 0.387 e. The predicted molar refractivity (Wildman–Crippen MR) is 95.7 cm³/mol. The van der Waals surface area contributed by atoms with Crippen LogP contribution in [-0.2, 0) is 12.8 Å². The number of para-hydroxylation sites is 1. The molecule has 1 N–H and O–H groups in total. The van der Waals surface area contributed by atoms with Crippen molar-refractivity contribution in [2.45, 2.75) is 36.3 Å². The topological polar surface area (TPSA) is 52.0 Å². The van der Waals surface area contributed by atoms with E-state index in [9.17, 15) is 8.78 Å². The normalized spacial score (nSPS) is 15.2. The zero-order chi connectivity index (χ0) is 16.9. The minimum atomic E-state index is -2.82. The number of nitrogens with zero attached hydrogens (tertiary/aromatic N) is 3. The van der Waals surface area contributed by atoms with E-state index in [2.05, 4.69) is 20.3 Å². The van der Waals surface area contributed by atoms with Gasteiger partial charge in [0.05, 0.1) is 0 Å². The SMILES string of the molecule is Cl.Cn1c(SCc2ccccc2OC(F)F)nnc1C1CCNCC1. The van der Waals surface area contributed by atoms with Crippen LogP contribution in [0.4, 0.5) is 8.78 Å². The summed E-state index contributed by atoms with van der Waals surface area (Å²) in [5.74, 6) is 2.13. The van der Waals surface area contributed by atoms with Gasteiger partial charge in [0, 0.05) is 24.3 Å². The summed E-state index contributed by atoms with van der Waals surface area (Å²) < 4.78 is 31.5. The number of nitrogens with one attached hydrogen (secondary N) is 1. The summed E-state index contributed by atoms with van der Waals surface area (Å²) >= 11 is 1.48. The number of hydrogen-bond acceptors (Lipinski definition) is 5. The smallest absolute Gasteiger partial charge is 0.387 e. The van der Waals surface area contributed by atoms with E-state index in [1.165, 1.54) is 11.8 Å². The van der Waals surface area contributed by atoms with Crippen molar-refractivity contribution in [3.8, 4) is 5.75 Å². The molecule has 1 saturated heterocycles. The van der Waals surface area contributed by atoms with Crippen molar-refractivity contribution in [3.63, 3.8) is 0 Å². The third-order valence-electron chi connectivity index (χ3n) is 4.12. The average Bonchev–Trinajstić information content (AvgIpc) is 2.95. The zero-order valence-electron chi connectivity index (χ0n) is 13.8. The molecule has 0 saturated carbocycles. The van der Waals surface area contributed by atoms with Gasteiger partial charge in [-0.3, -0.25) is 0 Å². The molecule has 0 amide bonds. The first kappa shape index (κ1) is 19.9. The van der Waals surface area contributed by atoms with E-state index in [-0.39, 0.29) is 18.2 Å². The number of alkyl halides is 2. The Morgan fingerprint density at radius 1 is 1.28 bits per heavy atom. The molecule has 2 heterocycles. The lowest BCUT2D eigenvalue weighted by Crippen LogP contribution is -2.27. The van der Waals surface area contributed by atoms with Crippen molar-refractivity contribution in [2.75, 3.05) is 13.1 Å². The van der Waals surface area contributed by atoms with E-state index in [4.69, 9.17) is 0 Å². The van der Waals surface area contributed by atoms with Gasteiger partial charge >= 0.3 is 6.61 Å². The van der Waals surface area contributed by atoms with Gasteiger partial charge in [-0.05, 0) is 32.0 Å². The quantitative estimate of drug-likeness (QED) is 0.764. The van der Waals surface area contributed by atoms with Crippen LogP contribution in [0.2, 0.25) is 0 Å². The highest BCUT2D eigenvalue weighted by molar-refractivity contribution is 7.98. The molecule has 0 radical (unpaired) electrons. The molecule has 3 rings (SSSR count). The van der Waals surface area contributed by atoms with Crippen LogP contribution < -0.4 is 10.1 Å². The van der Waals surface area contributed by atoms with Crippen molar-refractivity contribution >= 4 is 24.2 Å². The summed E-state index contributed by atoms with van der Waals surface area (Å²) in [5.41, 5.74) is 0.717. The van der Waals surface area contributed by atoms with Gasteiger partial charge < -0.3 is 14.6 Å². The highest BCUT2D eigenvalue weighted by Gasteiger charge is 2.22. The molecule has 138 valence electrons. The first-order chi connectivity index (χ1) is 11.6. The van der Waals surface area contributed by atoms with Gasteiger partial charge in [-0.25, -0.2) is 0 Å². The summed E-state index contributed by atoms with van der Waals surface area (Å²) in [6.07, 6.45) is 2.11. The van der Waals surface area contributed by atoms with Crippen LogP contribution in [0.1, 0.15) is 30.1 Å². The Morgan fingerprint density at radius 2 is 2.00 bits per heavy atom. The lowest BCUT2D eigenvalue weighted by Gasteiger charge is -2.21. The van der Waals surface area contributed by atoms with E-state index in [1.807, 2.05) is 17.7 Å². The number of ether oxygens (including phenoxy) is 1. The Labute approximate surface area is 155 Å². The van der Waals surface area contributed by atoms with Crippen LogP contribution in [0.15, 0.2) is 29.4 Å². The number of hydrogen-bond donors (Lipinski definition) is 1. The minimum Gasteiger partial charge on any atom is -0.435 e. The van der Waals surface area contributed by atoms with Crippen LogP contribution in [0.25, 0.3) is 0 Å². The third kappa shape index (κ3) is 5.05. The molecule has 2 aromatic rings. The molecule has 25 heavy (non-hydrogen) atoms. The fraction of sp³-hybridized carbons (Fsp3) is 0.500. The Balaban J connectivity index is 0.00000225. The van der Waals surface area contributed by atoms with Gasteiger partial charge in [-0.2, -0.15) is 8.78 Å². The number of benzene rings is 1. The molecule has 1 fully saturated rings. The predicted octanol–water partition coefficient (Wildman–Crippen LogP) is 3.60. The molecule has 0 atom stereocenters. The summed E-state index contributed by atoms with van der Waals surface area (Å²) in [6.45, 7) is -0.825. The highest BCUT2D eigenvalue weighted by Crippen LogP contribution is 2.30. The average molecular weight is 391 g/mol. The second-order valence-corrected chi connectivity index (χ2v) is 6.64. The summed E-state index contributed by atoms with van der Waals surface area (Å²) in [6, 6.07) is 6.84. The number of thioether (sulfide) groups is 1. The molecule has 5 nitrogen and oxygen atoms in total. The van der Waals surface area contributed by atoms with Crippen LogP contribution >= 0.6 is 24.2 Å². The molecule has 0 bridgehead atoms. The van der Waals surface area contributed by atoms with Crippen molar-refractivity contribution in [1.29, 1.82) is 0 Å². The summed E-state index contributed by atoms with van der Waals surface area (Å²) in [7, 11) is 1.96. The van der Waals surface area contributed by atoms with Crippen molar-refractivity contribution in [3.05, 3.63) is 35.7 Å². The third-order valence-corrected chi connectivity index (χ3v) is 5.19. The maximum atomic E-state index is 12.5. The van der Waals surface area contributed by atoms with Crippen molar-refractivity contribution < 1.29 is 13.5 Å². The molecule has 1 aromatic carbocycles. The van der Waals surface area contributed by atoms with Crippen LogP contribution in [0, 0.1) is 0 Å². The fourth-order valence-corrected chi connectivity index (χ4v) is 3.77. The molecule has 0 unspecified atom stereocenters. The van der Waals surface area contributed by atoms with E-state index in [0.29, 0.717) is 17.2 Å². The number of halogens is 3. The molecule has 9 heteroatoms. The highest BCUT2D eigenvalue weighted by atomic mass is 35.5. The monoisotopic (exact) mass is 390 g/mol. The molecule has 0 spiro atoms. The lowest BCUT2D eigenvalue weighted by atomic mass is 9.97. The Morgan fingerprint density at radius 3 is 2.72 bits per heavy atom.